The number of hydrogen-bond acceptors (Lipinski definition) is 2. The van der Waals surface area contributed by atoms with E-state index in [1.807, 2.05) is 25.1 Å². The fraction of sp³-hybridized carbons (Fsp3) is 0.333. The number of sulfonamides is 1. The Bertz CT molecular complexity index is 846. The van der Waals surface area contributed by atoms with Gasteiger partial charge in [-0.05, 0) is 67.5 Å². The maximum Gasteiger partial charge on any atom is 0.241 e. The Morgan fingerprint density at radius 2 is 1.87 bits per heavy atom. The fourth-order valence-electron chi connectivity index (χ4n) is 3.17. The van der Waals surface area contributed by atoms with Gasteiger partial charge in [-0.15, -0.1) is 0 Å². The van der Waals surface area contributed by atoms with Gasteiger partial charge in [0.15, 0.2) is 0 Å². The molecule has 3 nitrogen and oxygen atoms in total. The Labute approximate surface area is 142 Å². The molecule has 2 aromatic rings. The van der Waals surface area contributed by atoms with Crippen LogP contribution in [-0.4, -0.2) is 8.42 Å². The first-order valence-electron chi connectivity index (χ1n) is 7.75. The molecule has 1 N–H and O–H groups in total. The average Bonchev–Trinajstić information content (AvgIpc) is 2.51. The van der Waals surface area contributed by atoms with E-state index in [4.69, 9.17) is 11.6 Å². The predicted molar refractivity (Wildman–Crippen MR) is 93.4 cm³/mol. The molecule has 1 unspecified atom stereocenters. The smallest absolute Gasteiger partial charge is 0.207 e. The fourth-order valence-corrected chi connectivity index (χ4v) is 4.95. The monoisotopic (exact) mass is 349 g/mol. The third kappa shape index (κ3) is 3.30. The summed E-state index contributed by atoms with van der Waals surface area (Å²) in [6, 6.07) is 11.2. The van der Waals surface area contributed by atoms with Crippen LogP contribution in [-0.2, 0) is 16.4 Å². The molecule has 0 aromatic heterocycles. The number of aryl methyl sites for hydroxylation is 3. The van der Waals surface area contributed by atoms with Crippen molar-refractivity contribution in [3.8, 4) is 0 Å². The molecule has 0 aliphatic heterocycles. The normalized spacial score (nSPS) is 17.8. The highest BCUT2D eigenvalue weighted by Gasteiger charge is 2.26. The van der Waals surface area contributed by atoms with E-state index in [9.17, 15) is 8.42 Å². The number of fused-ring (bicyclic) bond motifs is 1. The predicted octanol–water partition coefficient (Wildman–Crippen LogP) is 4.31. The summed E-state index contributed by atoms with van der Waals surface area (Å²) in [5, 5.41) is 0.587. The Hall–Kier alpha value is -1.36. The maximum atomic E-state index is 12.8. The van der Waals surface area contributed by atoms with Crippen LogP contribution in [0.3, 0.4) is 0 Å². The minimum Gasteiger partial charge on any atom is -0.207 e. The van der Waals surface area contributed by atoms with Gasteiger partial charge in [0.2, 0.25) is 10.0 Å². The Balaban J connectivity index is 1.96. The van der Waals surface area contributed by atoms with Crippen LogP contribution in [0, 0.1) is 13.8 Å². The molecule has 0 heterocycles. The van der Waals surface area contributed by atoms with Crippen molar-refractivity contribution in [3.05, 3.63) is 63.7 Å². The maximum absolute atomic E-state index is 12.8. The van der Waals surface area contributed by atoms with E-state index in [1.54, 1.807) is 19.1 Å². The standard InChI is InChI=1S/C18H20ClNO2S/c1-12-11-18(13(2)10-16(12)19)23(21,22)20-17-9-5-7-14-6-3-4-8-15(14)17/h3-4,6,8,10-11,17,20H,5,7,9H2,1-2H3. The summed E-state index contributed by atoms with van der Waals surface area (Å²) >= 11 is 6.08. The molecule has 23 heavy (non-hydrogen) atoms. The highest BCUT2D eigenvalue weighted by molar-refractivity contribution is 7.89. The summed E-state index contributed by atoms with van der Waals surface area (Å²) in [5.74, 6) is 0. The molecular formula is C18H20ClNO2S. The van der Waals surface area contributed by atoms with Gasteiger partial charge in [0.05, 0.1) is 4.90 Å². The van der Waals surface area contributed by atoms with Crippen molar-refractivity contribution in [1.29, 1.82) is 0 Å². The van der Waals surface area contributed by atoms with Crippen molar-refractivity contribution >= 4 is 21.6 Å². The highest BCUT2D eigenvalue weighted by Crippen LogP contribution is 2.32. The van der Waals surface area contributed by atoms with Crippen LogP contribution < -0.4 is 4.72 Å². The quantitative estimate of drug-likeness (QED) is 0.897. The zero-order valence-electron chi connectivity index (χ0n) is 13.3. The van der Waals surface area contributed by atoms with E-state index in [1.165, 1.54) is 5.56 Å². The second-order valence-corrected chi connectivity index (χ2v) is 8.22. The van der Waals surface area contributed by atoms with E-state index in [-0.39, 0.29) is 6.04 Å². The van der Waals surface area contributed by atoms with Crippen LogP contribution >= 0.6 is 11.6 Å². The van der Waals surface area contributed by atoms with Gasteiger partial charge >= 0.3 is 0 Å². The zero-order valence-corrected chi connectivity index (χ0v) is 14.8. The van der Waals surface area contributed by atoms with Gasteiger partial charge < -0.3 is 0 Å². The molecule has 1 atom stereocenters. The van der Waals surface area contributed by atoms with Gasteiger partial charge in [-0.3, -0.25) is 0 Å². The first-order chi connectivity index (χ1) is 10.9. The summed E-state index contributed by atoms with van der Waals surface area (Å²) in [6.45, 7) is 3.59. The lowest BCUT2D eigenvalue weighted by molar-refractivity contribution is 0.507. The van der Waals surface area contributed by atoms with E-state index < -0.39 is 10.0 Å². The molecule has 3 rings (SSSR count). The SMILES string of the molecule is Cc1cc(S(=O)(=O)NC2CCCc3ccccc32)c(C)cc1Cl. The van der Waals surface area contributed by atoms with Crippen LogP contribution in [0.2, 0.25) is 5.02 Å². The molecule has 0 radical (unpaired) electrons. The summed E-state index contributed by atoms with van der Waals surface area (Å²) < 4.78 is 28.6. The molecule has 0 amide bonds. The number of rotatable bonds is 3. The van der Waals surface area contributed by atoms with Crippen molar-refractivity contribution in [3.63, 3.8) is 0 Å². The van der Waals surface area contributed by atoms with Crippen molar-refractivity contribution in [2.75, 3.05) is 0 Å². The van der Waals surface area contributed by atoms with Crippen molar-refractivity contribution in [1.82, 2.24) is 4.72 Å². The lowest BCUT2D eigenvalue weighted by Crippen LogP contribution is -2.31. The molecule has 0 bridgehead atoms. The third-order valence-electron chi connectivity index (χ3n) is 4.41. The molecule has 1 aliphatic rings. The average molecular weight is 350 g/mol. The van der Waals surface area contributed by atoms with Crippen molar-refractivity contribution in [2.45, 2.75) is 44.0 Å². The molecule has 5 heteroatoms. The largest absolute Gasteiger partial charge is 0.241 e. The molecular weight excluding hydrogens is 330 g/mol. The van der Waals surface area contributed by atoms with Gasteiger partial charge in [-0.25, -0.2) is 13.1 Å². The van der Waals surface area contributed by atoms with Gasteiger partial charge in [0.1, 0.15) is 0 Å². The number of hydrogen-bond donors (Lipinski definition) is 1. The second-order valence-electron chi connectivity index (χ2n) is 6.13. The molecule has 0 fully saturated rings. The van der Waals surface area contributed by atoms with Crippen LogP contribution in [0.4, 0.5) is 0 Å². The van der Waals surface area contributed by atoms with Crippen molar-refractivity contribution < 1.29 is 8.42 Å². The Kier molecular flexibility index (Phi) is 4.50. The highest BCUT2D eigenvalue weighted by atomic mass is 35.5. The summed E-state index contributed by atoms with van der Waals surface area (Å²) in [7, 11) is -3.58. The molecule has 0 spiro atoms. The first kappa shape index (κ1) is 16.5. The van der Waals surface area contributed by atoms with Crippen LogP contribution in [0.25, 0.3) is 0 Å². The summed E-state index contributed by atoms with van der Waals surface area (Å²) in [5.41, 5.74) is 3.75. The summed E-state index contributed by atoms with van der Waals surface area (Å²) in [4.78, 5) is 0.308. The van der Waals surface area contributed by atoms with E-state index in [0.29, 0.717) is 15.5 Å². The number of nitrogens with one attached hydrogen (secondary N) is 1. The molecule has 1 aliphatic carbocycles. The first-order valence-corrected chi connectivity index (χ1v) is 9.61. The van der Waals surface area contributed by atoms with E-state index >= 15 is 0 Å². The van der Waals surface area contributed by atoms with Gasteiger partial charge in [0.25, 0.3) is 0 Å². The topological polar surface area (TPSA) is 46.2 Å². The Morgan fingerprint density at radius 3 is 2.65 bits per heavy atom. The minimum absolute atomic E-state index is 0.166. The molecule has 122 valence electrons. The Morgan fingerprint density at radius 1 is 1.13 bits per heavy atom. The molecule has 0 saturated heterocycles. The van der Waals surface area contributed by atoms with Gasteiger partial charge in [-0.1, -0.05) is 35.9 Å². The third-order valence-corrected chi connectivity index (χ3v) is 6.43. The van der Waals surface area contributed by atoms with Crippen molar-refractivity contribution in [2.24, 2.45) is 0 Å². The van der Waals surface area contributed by atoms with Gasteiger partial charge in [0, 0.05) is 11.1 Å². The van der Waals surface area contributed by atoms with Gasteiger partial charge in [-0.2, -0.15) is 0 Å². The van der Waals surface area contributed by atoms with Crippen LogP contribution in [0.1, 0.15) is 41.1 Å². The summed E-state index contributed by atoms with van der Waals surface area (Å²) in [6.07, 6.45) is 2.82. The van der Waals surface area contributed by atoms with Crippen LogP contribution in [0.15, 0.2) is 41.3 Å². The molecule has 0 saturated carbocycles. The number of benzene rings is 2. The zero-order chi connectivity index (χ0) is 16.6. The number of halogens is 1. The van der Waals surface area contributed by atoms with E-state index in [0.717, 1.165) is 30.4 Å². The molecule has 2 aromatic carbocycles. The lowest BCUT2D eigenvalue weighted by Gasteiger charge is -2.26. The lowest BCUT2D eigenvalue weighted by atomic mass is 9.88. The minimum atomic E-state index is -3.58. The second kappa shape index (κ2) is 6.27. The van der Waals surface area contributed by atoms with E-state index in [2.05, 4.69) is 10.8 Å². The van der Waals surface area contributed by atoms with Crippen LogP contribution in [0.5, 0.6) is 0 Å².